The predicted octanol–water partition coefficient (Wildman–Crippen LogP) is 5.49. The van der Waals surface area contributed by atoms with Gasteiger partial charge < -0.3 is 5.73 Å². The molecule has 0 aliphatic heterocycles. The molecular weight excluding hydrogens is 499 g/mol. The Labute approximate surface area is 198 Å². The number of halogens is 4. The highest BCUT2D eigenvalue weighted by Crippen LogP contribution is 2.43. The van der Waals surface area contributed by atoms with E-state index < -0.39 is 28.4 Å². The van der Waals surface area contributed by atoms with Crippen LogP contribution in [0.5, 0.6) is 0 Å². The maximum absolute atomic E-state index is 12.5. The number of nitrogens with one attached hydrogen (secondary N) is 1. The van der Waals surface area contributed by atoms with Gasteiger partial charge in [-0.25, -0.2) is 23.4 Å². The van der Waals surface area contributed by atoms with E-state index in [4.69, 9.17) is 22.3 Å². The van der Waals surface area contributed by atoms with Crippen LogP contribution < -0.4 is 10.5 Å². The first-order valence-electron chi connectivity index (χ1n) is 9.62. The Balaban J connectivity index is 2.08. The van der Waals surface area contributed by atoms with Crippen molar-refractivity contribution >= 4 is 44.6 Å². The molecule has 0 radical (unpaired) electrons. The Morgan fingerprint density at radius 1 is 1.15 bits per heavy atom. The Morgan fingerprint density at radius 2 is 1.85 bits per heavy atom. The lowest BCUT2D eigenvalue weighted by Crippen LogP contribution is -2.22. The van der Waals surface area contributed by atoms with Crippen molar-refractivity contribution in [1.29, 1.82) is 0 Å². The second-order valence-electron chi connectivity index (χ2n) is 8.20. The van der Waals surface area contributed by atoms with E-state index in [1.807, 2.05) is 20.8 Å². The number of sulfonamides is 1. The van der Waals surface area contributed by atoms with E-state index in [0.29, 0.717) is 21.8 Å². The van der Waals surface area contributed by atoms with Gasteiger partial charge in [-0.3, -0.25) is 4.72 Å². The highest BCUT2D eigenvalue weighted by atomic mass is 35.5. The van der Waals surface area contributed by atoms with E-state index in [-0.39, 0.29) is 22.1 Å². The van der Waals surface area contributed by atoms with Crippen LogP contribution in [0.4, 0.5) is 24.8 Å². The fourth-order valence-electron chi connectivity index (χ4n) is 2.76. The van der Waals surface area contributed by atoms with Gasteiger partial charge in [-0.1, -0.05) is 44.5 Å². The Kier molecular flexibility index (Phi) is 6.92. The molecule has 0 saturated carbocycles. The van der Waals surface area contributed by atoms with Crippen molar-refractivity contribution in [2.75, 3.05) is 16.2 Å². The van der Waals surface area contributed by atoms with Gasteiger partial charge in [0, 0.05) is 17.2 Å². The fourth-order valence-corrected chi connectivity index (χ4v) is 5.29. The lowest BCUT2D eigenvalue weighted by atomic mass is 9.98. The first-order chi connectivity index (χ1) is 15.2. The molecule has 2 aromatic heterocycles. The van der Waals surface area contributed by atoms with Crippen molar-refractivity contribution in [3.8, 4) is 21.8 Å². The maximum Gasteiger partial charge on any atom is 0.390 e. The minimum Gasteiger partial charge on any atom is -0.368 e. The second kappa shape index (κ2) is 9.07. The largest absolute Gasteiger partial charge is 0.390 e. The average Bonchev–Trinajstić information content (AvgIpc) is 3.13. The van der Waals surface area contributed by atoms with Gasteiger partial charge >= 0.3 is 6.18 Å². The molecule has 33 heavy (non-hydrogen) atoms. The molecule has 178 valence electrons. The molecular formula is C20H21ClF3N5O2S2. The number of benzene rings is 1. The molecule has 2 heterocycles. The van der Waals surface area contributed by atoms with Crippen LogP contribution in [-0.4, -0.2) is 35.3 Å². The van der Waals surface area contributed by atoms with E-state index in [1.54, 1.807) is 12.1 Å². The smallest absolute Gasteiger partial charge is 0.368 e. The Bertz CT molecular complexity index is 1270. The van der Waals surface area contributed by atoms with Gasteiger partial charge in [-0.15, -0.1) is 11.3 Å². The van der Waals surface area contributed by atoms with Crippen LogP contribution in [0.1, 0.15) is 32.2 Å². The highest BCUT2D eigenvalue weighted by molar-refractivity contribution is 7.92. The van der Waals surface area contributed by atoms with Gasteiger partial charge in [0.15, 0.2) is 0 Å². The molecule has 3 aromatic rings. The van der Waals surface area contributed by atoms with Crippen LogP contribution in [0.3, 0.4) is 0 Å². The first-order valence-corrected chi connectivity index (χ1v) is 12.5. The number of hydrogen-bond acceptors (Lipinski definition) is 7. The molecule has 0 amide bonds. The van der Waals surface area contributed by atoms with Gasteiger partial charge in [0.05, 0.1) is 44.2 Å². The van der Waals surface area contributed by atoms with Gasteiger partial charge in [-0.2, -0.15) is 13.2 Å². The SMILES string of the molecule is CC(C)(C)c1nc(-c2cccc(NS(=O)(=O)CCC(F)(F)F)c2Cl)c(-c2ccnc(N)n2)s1. The Morgan fingerprint density at radius 3 is 2.45 bits per heavy atom. The molecule has 13 heteroatoms. The van der Waals surface area contributed by atoms with Gasteiger partial charge in [-0.05, 0) is 12.1 Å². The minimum absolute atomic E-state index is 0.00196. The summed E-state index contributed by atoms with van der Waals surface area (Å²) in [7, 11) is -4.28. The van der Waals surface area contributed by atoms with Crippen LogP contribution in [0.2, 0.25) is 5.02 Å². The monoisotopic (exact) mass is 519 g/mol. The third-order valence-corrected chi connectivity index (χ3v) is 7.53. The summed E-state index contributed by atoms with van der Waals surface area (Å²) < 4.78 is 64.0. The standard InChI is InChI=1S/C20H21ClF3N5O2S2/c1-19(2,3)17-28-15(16(32-17)13-7-9-26-18(25)27-13)11-5-4-6-12(14(11)21)29-33(30,31)10-8-20(22,23)24/h4-7,9,29H,8,10H2,1-3H3,(H2,25,26,27). The molecule has 0 saturated heterocycles. The third kappa shape index (κ3) is 6.33. The molecule has 0 aliphatic carbocycles. The number of hydrogen-bond donors (Lipinski definition) is 2. The van der Waals surface area contributed by atoms with Crippen molar-refractivity contribution < 1.29 is 21.6 Å². The molecule has 0 unspecified atom stereocenters. The number of nitrogens with zero attached hydrogens (tertiary/aromatic N) is 3. The lowest BCUT2D eigenvalue weighted by molar-refractivity contribution is -0.129. The minimum atomic E-state index is -4.60. The summed E-state index contributed by atoms with van der Waals surface area (Å²) >= 11 is 7.89. The quantitative estimate of drug-likeness (QED) is 0.445. The van der Waals surface area contributed by atoms with Crippen LogP contribution in [0, 0.1) is 0 Å². The summed E-state index contributed by atoms with van der Waals surface area (Å²) in [6, 6.07) is 6.22. The van der Waals surface area contributed by atoms with Crippen LogP contribution in [-0.2, 0) is 15.4 Å². The topological polar surface area (TPSA) is 111 Å². The van der Waals surface area contributed by atoms with Crippen LogP contribution in [0.25, 0.3) is 21.8 Å². The molecule has 7 nitrogen and oxygen atoms in total. The number of thiazole rings is 1. The van der Waals surface area contributed by atoms with E-state index in [9.17, 15) is 21.6 Å². The van der Waals surface area contributed by atoms with Crippen molar-refractivity contribution in [3.05, 3.63) is 40.5 Å². The zero-order valence-corrected chi connectivity index (χ0v) is 20.3. The number of alkyl halides is 3. The number of aromatic nitrogens is 3. The first kappa shape index (κ1) is 25.2. The summed E-state index contributed by atoms with van der Waals surface area (Å²) in [4.78, 5) is 13.5. The number of anilines is 2. The predicted molar refractivity (Wildman–Crippen MR) is 125 cm³/mol. The normalized spacial score (nSPS) is 12.7. The van der Waals surface area contributed by atoms with Crippen molar-refractivity contribution in [3.63, 3.8) is 0 Å². The fraction of sp³-hybridized carbons (Fsp3) is 0.350. The molecule has 0 fully saturated rings. The molecule has 0 bridgehead atoms. The van der Waals surface area contributed by atoms with Crippen molar-refractivity contribution in [2.45, 2.75) is 38.8 Å². The lowest BCUT2D eigenvalue weighted by Gasteiger charge is -2.14. The molecule has 0 aliphatic rings. The molecule has 0 atom stereocenters. The third-order valence-electron chi connectivity index (χ3n) is 4.35. The van der Waals surface area contributed by atoms with Gasteiger partial charge in [0.25, 0.3) is 0 Å². The summed E-state index contributed by atoms with van der Waals surface area (Å²) in [6.07, 6.45) is -4.57. The number of nitrogen functional groups attached to an aromatic ring is 1. The summed E-state index contributed by atoms with van der Waals surface area (Å²) in [6.45, 7) is 5.96. The zero-order chi connectivity index (χ0) is 24.6. The average molecular weight is 520 g/mol. The van der Waals surface area contributed by atoms with E-state index in [0.717, 1.165) is 5.01 Å². The van der Waals surface area contributed by atoms with Crippen molar-refractivity contribution in [2.24, 2.45) is 0 Å². The van der Waals surface area contributed by atoms with Crippen LogP contribution in [0.15, 0.2) is 30.5 Å². The van der Waals surface area contributed by atoms with Crippen molar-refractivity contribution in [1.82, 2.24) is 15.0 Å². The molecule has 3 rings (SSSR count). The Hall–Kier alpha value is -2.44. The van der Waals surface area contributed by atoms with E-state index >= 15 is 0 Å². The number of nitrogens with two attached hydrogens (primary N) is 1. The molecule has 3 N–H and O–H groups in total. The van der Waals surface area contributed by atoms with Crippen LogP contribution >= 0.6 is 22.9 Å². The molecule has 1 aromatic carbocycles. The highest BCUT2D eigenvalue weighted by Gasteiger charge is 2.30. The zero-order valence-electron chi connectivity index (χ0n) is 17.9. The summed E-state index contributed by atoms with van der Waals surface area (Å²) in [5, 5.41) is 0.777. The maximum atomic E-state index is 12.5. The number of rotatable bonds is 6. The summed E-state index contributed by atoms with van der Waals surface area (Å²) in [5.41, 5.74) is 6.74. The van der Waals surface area contributed by atoms with E-state index in [1.165, 1.54) is 29.7 Å². The second-order valence-corrected chi connectivity index (χ2v) is 11.4. The van der Waals surface area contributed by atoms with Gasteiger partial charge in [0.1, 0.15) is 0 Å². The summed E-state index contributed by atoms with van der Waals surface area (Å²) in [5.74, 6) is -1.05. The van der Waals surface area contributed by atoms with E-state index in [2.05, 4.69) is 14.7 Å². The van der Waals surface area contributed by atoms with Gasteiger partial charge in [0.2, 0.25) is 16.0 Å². The molecule has 0 spiro atoms.